The molecule has 1 amide bonds. The minimum absolute atomic E-state index is 0.269. The minimum atomic E-state index is -0.411. The lowest BCUT2D eigenvalue weighted by molar-refractivity contribution is 0.0935. The van der Waals surface area contributed by atoms with Gasteiger partial charge in [-0.2, -0.15) is 0 Å². The monoisotopic (exact) mass is 502 g/mol. The number of aromatic nitrogens is 3. The van der Waals surface area contributed by atoms with Crippen LogP contribution in [0, 0.1) is 13.8 Å². The van der Waals surface area contributed by atoms with E-state index in [1.165, 1.54) is 18.2 Å². The molecule has 1 heterocycles. The molecule has 3 aromatic carbocycles. The molecule has 0 saturated carbocycles. The van der Waals surface area contributed by atoms with Crippen LogP contribution in [0.1, 0.15) is 45.8 Å². The van der Waals surface area contributed by atoms with Crippen LogP contribution in [0.4, 0.5) is 0 Å². The summed E-state index contributed by atoms with van der Waals surface area (Å²) < 4.78 is 12.7. The lowest BCUT2D eigenvalue weighted by Gasteiger charge is -2.17. The number of methoxy groups -OCH3 is 2. The summed E-state index contributed by atoms with van der Waals surface area (Å²) in [6.07, 6.45) is 0. The number of carbonyl (C=O) groups is 1. The van der Waals surface area contributed by atoms with Crippen molar-refractivity contribution < 1.29 is 14.3 Å². The van der Waals surface area contributed by atoms with Crippen LogP contribution in [0.5, 0.6) is 11.5 Å². The zero-order valence-electron chi connectivity index (χ0n) is 21.1. The summed E-state index contributed by atoms with van der Waals surface area (Å²) in [6, 6.07) is 21.2. The van der Waals surface area contributed by atoms with Gasteiger partial charge in [-0.05, 0) is 56.2 Å². The second kappa shape index (κ2) is 11.3. The normalized spacial score (nSPS) is 11.7. The topological polar surface area (TPSA) is 78.3 Å². The van der Waals surface area contributed by atoms with Crippen molar-refractivity contribution in [3.05, 3.63) is 94.8 Å². The summed E-state index contributed by atoms with van der Waals surface area (Å²) in [4.78, 5) is 13.2. The van der Waals surface area contributed by atoms with E-state index in [0.29, 0.717) is 22.9 Å². The highest BCUT2D eigenvalue weighted by Crippen LogP contribution is 2.29. The lowest BCUT2D eigenvalue weighted by atomic mass is 10.1. The first-order valence-electron chi connectivity index (χ1n) is 11.6. The van der Waals surface area contributed by atoms with Gasteiger partial charge >= 0.3 is 0 Å². The smallest absolute Gasteiger partial charge is 0.255 e. The Morgan fingerprint density at radius 2 is 1.75 bits per heavy atom. The number of aryl methyl sites for hydroxylation is 2. The molecule has 0 bridgehead atoms. The van der Waals surface area contributed by atoms with E-state index in [4.69, 9.17) is 9.47 Å². The molecule has 4 aromatic rings. The lowest BCUT2D eigenvalue weighted by Crippen LogP contribution is -2.29. The molecule has 0 aliphatic carbocycles. The molecule has 0 unspecified atom stereocenters. The number of carbonyl (C=O) groups excluding carboxylic acids is 1. The molecule has 186 valence electrons. The number of nitrogens with zero attached hydrogens (tertiary/aromatic N) is 3. The molecule has 1 N–H and O–H groups in total. The van der Waals surface area contributed by atoms with Crippen molar-refractivity contribution in [1.82, 2.24) is 20.1 Å². The standard InChI is InChI=1S/C28H30N4O3S/c1-18-10-12-22(13-11-18)32-26(30-31-28(32)36-17-21-9-7-6-8-19(21)2)20(3)29-27(33)24-15-14-23(34-4)16-25(24)35-5/h6-16,20H,17H2,1-5H3,(H,29,33)/t20-/m1/s1. The van der Waals surface area contributed by atoms with E-state index in [9.17, 15) is 4.79 Å². The van der Waals surface area contributed by atoms with Crippen molar-refractivity contribution in [2.45, 2.75) is 37.7 Å². The number of hydrogen-bond donors (Lipinski definition) is 1. The molecule has 0 saturated heterocycles. The molecular weight excluding hydrogens is 472 g/mol. The number of benzene rings is 3. The molecular formula is C28H30N4O3S. The van der Waals surface area contributed by atoms with Crippen LogP contribution in [0.25, 0.3) is 5.69 Å². The van der Waals surface area contributed by atoms with Gasteiger partial charge in [0, 0.05) is 17.5 Å². The molecule has 36 heavy (non-hydrogen) atoms. The van der Waals surface area contributed by atoms with E-state index in [-0.39, 0.29) is 5.91 Å². The van der Waals surface area contributed by atoms with Crippen molar-refractivity contribution in [3.63, 3.8) is 0 Å². The highest BCUT2D eigenvalue weighted by atomic mass is 32.2. The van der Waals surface area contributed by atoms with Gasteiger partial charge in [-0.15, -0.1) is 10.2 Å². The molecule has 1 atom stereocenters. The van der Waals surface area contributed by atoms with Gasteiger partial charge in [0.15, 0.2) is 11.0 Å². The van der Waals surface area contributed by atoms with E-state index in [1.54, 1.807) is 37.1 Å². The largest absolute Gasteiger partial charge is 0.497 e. The minimum Gasteiger partial charge on any atom is -0.497 e. The van der Waals surface area contributed by atoms with E-state index < -0.39 is 6.04 Å². The Labute approximate surface area is 215 Å². The number of hydrogen-bond acceptors (Lipinski definition) is 6. The van der Waals surface area contributed by atoms with E-state index in [2.05, 4.69) is 53.6 Å². The first-order chi connectivity index (χ1) is 17.4. The maximum Gasteiger partial charge on any atom is 0.255 e. The molecule has 7 nitrogen and oxygen atoms in total. The average Bonchev–Trinajstić information content (AvgIpc) is 3.32. The van der Waals surface area contributed by atoms with Crippen LogP contribution in [-0.2, 0) is 5.75 Å². The van der Waals surface area contributed by atoms with Crippen molar-refractivity contribution in [2.75, 3.05) is 14.2 Å². The summed E-state index contributed by atoms with van der Waals surface area (Å²) in [5.41, 5.74) is 5.00. The fraction of sp³-hybridized carbons (Fsp3) is 0.250. The number of amides is 1. The number of rotatable bonds is 9. The van der Waals surface area contributed by atoms with Crippen molar-refractivity contribution in [2.24, 2.45) is 0 Å². The van der Waals surface area contributed by atoms with Gasteiger partial charge < -0.3 is 14.8 Å². The van der Waals surface area contributed by atoms with Gasteiger partial charge in [-0.1, -0.05) is 53.7 Å². The number of nitrogens with one attached hydrogen (secondary N) is 1. The quantitative estimate of drug-likeness (QED) is 0.297. The fourth-order valence-electron chi connectivity index (χ4n) is 3.83. The summed E-state index contributed by atoms with van der Waals surface area (Å²) in [5, 5.41) is 12.8. The molecule has 0 aliphatic rings. The van der Waals surface area contributed by atoms with Crippen LogP contribution in [0.3, 0.4) is 0 Å². The molecule has 8 heteroatoms. The van der Waals surface area contributed by atoms with Crippen molar-refractivity contribution >= 4 is 17.7 Å². The van der Waals surface area contributed by atoms with Crippen LogP contribution in [0.15, 0.2) is 71.9 Å². The van der Waals surface area contributed by atoms with Gasteiger partial charge in [0.05, 0.1) is 25.8 Å². The summed E-state index contributed by atoms with van der Waals surface area (Å²) >= 11 is 1.62. The van der Waals surface area contributed by atoms with Crippen LogP contribution in [0.2, 0.25) is 0 Å². The summed E-state index contributed by atoms with van der Waals surface area (Å²) in [7, 11) is 3.10. The van der Waals surface area contributed by atoms with Crippen LogP contribution < -0.4 is 14.8 Å². The molecule has 0 spiro atoms. The summed E-state index contributed by atoms with van der Waals surface area (Å²) in [5.74, 6) is 2.20. The second-order valence-corrected chi connectivity index (χ2v) is 9.43. The molecule has 0 aliphatic heterocycles. The van der Waals surface area contributed by atoms with Crippen molar-refractivity contribution in [1.29, 1.82) is 0 Å². The van der Waals surface area contributed by atoms with Gasteiger partial charge in [-0.25, -0.2) is 0 Å². The van der Waals surface area contributed by atoms with Crippen LogP contribution in [-0.4, -0.2) is 34.9 Å². The van der Waals surface area contributed by atoms with E-state index >= 15 is 0 Å². The Kier molecular flexibility index (Phi) is 7.95. The van der Waals surface area contributed by atoms with Crippen LogP contribution >= 0.6 is 11.8 Å². The molecule has 4 rings (SSSR count). The zero-order valence-corrected chi connectivity index (χ0v) is 21.9. The molecule has 0 fully saturated rings. The third-order valence-corrected chi connectivity index (χ3v) is 6.93. The summed E-state index contributed by atoms with van der Waals surface area (Å²) in [6.45, 7) is 6.06. The van der Waals surface area contributed by atoms with Gasteiger partial charge in [0.2, 0.25) is 0 Å². The highest BCUT2D eigenvalue weighted by Gasteiger charge is 2.23. The van der Waals surface area contributed by atoms with Gasteiger partial charge in [0.1, 0.15) is 11.5 Å². The van der Waals surface area contributed by atoms with E-state index in [0.717, 1.165) is 22.2 Å². The molecule has 1 aromatic heterocycles. The molecule has 0 radical (unpaired) electrons. The number of thioether (sulfide) groups is 1. The third kappa shape index (κ3) is 5.54. The highest BCUT2D eigenvalue weighted by molar-refractivity contribution is 7.98. The predicted molar refractivity (Wildman–Crippen MR) is 142 cm³/mol. The van der Waals surface area contributed by atoms with Crippen molar-refractivity contribution in [3.8, 4) is 17.2 Å². The Bertz CT molecular complexity index is 1350. The predicted octanol–water partition coefficient (Wildman–Crippen LogP) is 5.68. The SMILES string of the molecule is COc1ccc(C(=O)N[C@H](C)c2nnc(SCc3ccccc3C)n2-c2ccc(C)cc2)c(OC)c1. The Morgan fingerprint density at radius 3 is 2.44 bits per heavy atom. The second-order valence-electron chi connectivity index (χ2n) is 8.49. The number of ether oxygens (including phenoxy) is 2. The maximum atomic E-state index is 13.2. The maximum absolute atomic E-state index is 13.2. The first kappa shape index (κ1) is 25.3. The van der Waals surface area contributed by atoms with E-state index in [1.807, 2.05) is 35.8 Å². The first-order valence-corrected chi connectivity index (χ1v) is 12.6. The van der Waals surface area contributed by atoms with Gasteiger partial charge in [-0.3, -0.25) is 9.36 Å². The Morgan fingerprint density at radius 1 is 1.00 bits per heavy atom. The average molecular weight is 503 g/mol. The third-order valence-electron chi connectivity index (χ3n) is 5.96. The van der Waals surface area contributed by atoms with Gasteiger partial charge in [0.25, 0.3) is 5.91 Å². The Hall–Kier alpha value is -3.78. The fourth-order valence-corrected chi connectivity index (χ4v) is 4.87. The Balaban J connectivity index is 1.63. The zero-order chi connectivity index (χ0) is 25.7.